The van der Waals surface area contributed by atoms with E-state index in [0.29, 0.717) is 10.9 Å². The standard InChI is InChI=1S/C17H20N2O4S/c1-23-15(20)11-19-16(21)14(24-17(19)22)9-12-7-8-18(10-12)13-5-3-2-4-6-13/h7-10,13H,2-6,11H2,1H3/b14-9-. The second kappa shape index (κ2) is 7.25. The van der Waals surface area contributed by atoms with Gasteiger partial charge in [-0.15, -0.1) is 0 Å². The molecule has 1 aliphatic carbocycles. The predicted octanol–water partition coefficient (Wildman–Crippen LogP) is 3.20. The Kier molecular flexibility index (Phi) is 5.08. The van der Waals surface area contributed by atoms with Gasteiger partial charge in [0.2, 0.25) is 0 Å². The number of carbonyl (C=O) groups is 3. The minimum Gasteiger partial charge on any atom is -0.468 e. The van der Waals surface area contributed by atoms with Gasteiger partial charge in [-0.3, -0.25) is 19.3 Å². The number of thioether (sulfide) groups is 1. The van der Waals surface area contributed by atoms with Gasteiger partial charge in [0.1, 0.15) is 6.54 Å². The Bertz CT molecular complexity index is 689. The van der Waals surface area contributed by atoms with Crippen LogP contribution in [0.5, 0.6) is 0 Å². The molecule has 2 heterocycles. The van der Waals surface area contributed by atoms with Crippen molar-refractivity contribution in [2.75, 3.05) is 13.7 Å². The van der Waals surface area contributed by atoms with Crippen molar-refractivity contribution in [3.05, 3.63) is 28.9 Å². The van der Waals surface area contributed by atoms with Crippen LogP contribution < -0.4 is 0 Å². The van der Waals surface area contributed by atoms with Crippen molar-refractivity contribution < 1.29 is 19.1 Å². The van der Waals surface area contributed by atoms with E-state index in [2.05, 4.69) is 9.30 Å². The summed E-state index contributed by atoms with van der Waals surface area (Å²) < 4.78 is 6.71. The first kappa shape index (κ1) is 16.8. The molecule has 128 valence electrons. The minimum absolute atomic E-state index is 0.338. The van der Waals surface area contributed by atoms with E-state index in [1.165, 1.54) is 39.2 Å². The Morgan fingerprint density at radius 3 is 2.79 bits per heavy atom. The number of esters is 1. The number of amides is 2. The maximum Gasteiger partial charge on any atom is 0.325 e. The van der Waals surface area contributed by atoms with Crippen LogP contribution in [0.3, 0.4) is 0 Å². The Morgan fingerprint density at radius 2 is 2.08 bits per heavy atom. The lowest BCUT2D eigenvalue weighted by Gasteiger charge is -2.23. The normalized spacial score (nSPS) is 20.9. The first-order chi connectivity index (χ1) is 11.6. The van der Waals surface area contributed by atoms with E-state index in [1.54, 1.807) is 6.08 Å². The van der Waals surface area contributed by atoms with Crippen molar-refractivity contribution in [2.45, 2.75) is 38.1 Å². The highest BCUT2D eigenvalue weighted by Gasteiger charge is 2.36. The van der Waals surface area contributed by atoms with Gasteiger partial charge in [-0.1, -0.05) is 19.3 Å². The molecule has 1 saturated carbocycles. The van der Waals surface area contributed by atoms with E-state index < -0.39 is 17.1 Å². The van der Waals surface area contributed by atoms with Gasteiger partial charge in [-0.25, -0.2) is 0 Å². The van der Waals surface area contributed by atoms with Gasteiger partial charge in [-0.2, -0.15) is 0 Å². The lowest BCUT2D eigenvalue weighted by Crippen LogP contribution is -2.34. The molecule has 0 unspecified atom stereocenters. The van der Waals surface area contributed by atoms with Crippen LogP contribution in [0.4, 0.5) is 4.79 Å². The molecular weight excluding hydrogens is 328 g/mol. The zero-order valence-electron chi connectivity index (χ0n) is 13.6. The fraction of sp³-hybridized carbons (Fsp3) is 0.471. The summed E-state index contributed by atoms with van der Waals surface area (Å²) >= 11 is 0.855. The average Bonchev–Trinajstić information content (AvgIpc) is 3.16. The van der Waals surface area contributed by atoms with E-state index in [0.717, 1.165) is 22.2 Å². The number of aromatic nitrogens is 1. The third-order valence-corrected chi connectivity index (χ3v) is 5.33. The summed E-state index contributed by atoms with van der Waals surface area (Å²) in [5.41, 5.74) is 0.893. The zero-order chi connectivity index (χ0) is 17.1. The van der Waals surface area contributed by atoms with Crippen molar-refractivity contribution in [1.82, 2.24) is 9.47 Å². The summed E-state index contributed by atoms with van der Waals surface area (Å²) in [7, 11) is 1.23. The Balaban J connectivity index is 1.72. The summed E-state index contributed by atoms with van der Waals surface area (Å²) in [6.07, 6.45) is 11.9. The summed E-state index contributed by atoms with van der Waals surface area (Å²) in [5.74, 6) is -1.05. The van der Waals surface area contributed by atoms with E-state index in [-0.39, 0.29) is 6.54 Å². The van der Waals surface area contributed by atoms with Crippen LogP contribution in [0.2, 0.25) is 0 Å². The fourth-order valence-electron chi connectivity index (χ4n) is 3.10. The Morgan fingerprint density at radius 1 is 1.33 bits per heavy atom. The lowest BCUT2D eigenvalue weighted by molar-refractivity contribution is -0.143. The third-order valence-electron chi connectivity index (χ3n) is 4.42. The maximum atomic E-state index is 12.3. The predicted molar refractivity (Wildman–Crippen MR) is 91.2 cm³/mol. The molecule has 1 aromatic heterocycles. The van der Waals surface area contributed by atoms with Crippen molar-refractivity contribution in [3.8, 4) is 0 Å². The summed E-state index contributed by atoms with van der Waals surface area (Å²) in [6.45, 7) is -0.346. The molecule has 1 aromatic rings. The summed E-state index contributed by atoms with van der Waals surface area (Å²) in [4.78, 5) is 36.7. The molecule has 0 atom stereocenters. The van der Waals surface area contributed by atoms with Crippen LogP contribution in [-0.2, 0) is 14.3 Å². The summed E-state index contributed by atoms with van der Waals surface area (Å²) in [5, 5.41) is -0.441. The quantitative estimate of drug-likeness (QED) is 0.617. The first-order valence-electron chi connectivity index (χ1n) is 8.08. The molecule has 2 aliphatic rings. The van der Waals surface area contributed by atoms with Gasteiger partial charge in [0, 0.05) is 18.4 Å². The number of hydrogen-bond donors (Lipinski definition) is 0. The van der Waals surface area contributed by atoms with Gasteiger partial charge in [0.05, 0.1) is 12.0 Å². The van der Waals surface area contributed by atoms with Gasteiger partial charge < -0.3 is 9.30 Å². The third kappa shape index (κ3) is 3.56. The molecule has 2 fully saturated rings. The van der Waals surface area contributed by atoms with Gasteiger partial charge in [-0.05, 0) is 42.3 Å². The van der Waals surface area contributed by atoms with Crippen LogP contribution in [0.15, 0.2) is 23.4 Å². The molecular formula is C17H20N2O4S. The highest BCUT2D eigenvalue weighted by Crippen LogP contribution is 2.33. The van der Waals surface area contributed by atoms with Crippen LogP contribution in [-0.4, -0.2) is 40.2 Å². The number of carbonyl (C=O) groups excluding carboxylic acids is 3. The van der Waals surface area contributed by atoms with Crippen molar-refractivity contribution in [1.29, 1.82) is 0 Å². The Labute approximate surface area is 144 Å². The smallest absolute Gasteiger partial charge is 0.325 e. The molecule has 0 aromatic carbocycles. The van der Waals surface area contributed by atoms with E-state index in [9.17, 15) is 14.4 Å². The number of rotatable bonds is 4. The van der Waals surface area contributed by atoms with E-state index >= 15 is 0 Å². The van der Waals surface area contributed by atoms with Gasteiger partial charge >= 0.3 is 5.97 Å². The maximum absolute atomic E-state index is 12.3. The largest absolute Gasteiger partial charge is 0.468 e. The van der Waals surface area contributed by atoms with Gasteiger partial charge in [0.15, 0.2) is 0 Å². The molecule has 1 saturated heterocycles. The minimum atomic E-state index is -0.609. The van der Waals surface area contributed by atoms with Crippen LogP contribution in [0.1, 0.15) is 43.7 Å². The number of hydrogen-bond acceptors (Lipinski definition) is 5. The number of methoxy groups -OCH3 is 1. The second-order valence-corrected chi connectivity index (χ2v) is 7.02. The fourth-order valence-corrected chi connectivity index (χ4v) is 3.94. The second-order valence-electron chi connectivity index (χ2n) is 6.03. The first-order valence-corrected chi connectivity index (χ1v) is 8.90. The van der Waals surface area contributed by atoms with Gasteiger partial charge in [0.25, 0.3) is 11.1 Å². The molecule has 0 N–H and O–H groups in total. The van der Waals surface area contributed by atoms with Crippen LogP contribution in [0.25, 0.3) is 6.08 Å². The highest BCUT2D eigenvalue weighted by atomic mass is 32.2. The molecule has 3 rings (SSSR count). The van der Waals surface area contributed by atoms with E-state index in [4.69, 9.17) is 0 Å². The molecule has 0 spiro atoms. The summed E-state index contributed by atoms with van der Waals surface area (Å²) in [6, 6.07) is 2.47. The molecule has 0 radical (unpaired) electrons. The highest BCUT2D eigenvalue weighted by molar-refractivity contribution is 8.18. The van der Waals surface area contributed by atoms with Crippen LogP contribution in [0, 0.1) is 0 Å². The molecule has 7 heteroatoms. The number of ether oxygens (including phenoxy) is 1. The molecule has 0 bridgehead atoms. The topological polar surface area (TPSA) is 68.6 Å². The SMILES string of the molecule is COC(=O)CN1C(=O)S/C(=C\c2ccn(C3CCCCC3)c2)C1=O. The molecule has 6 nitrogen and oxygen atoms in total. The molecule has 1 aliphatic heterocycles. The zero-order valence-corrected chi connectivity index (χ0v) is 14.4. The van der Waals surface area contributed by atoms with Crippen molar-refractivity contribution in [3.63, 3.8) is 0 Å². The molecule has 2 amide bonds. The van der Waals surface area contributed by atoms with Crippen molar-refractivity contribution >= 4 is 35.0 Å². The monoisotopic (exact) mass is 348 g/mol. The number of nitrogens with zero attached hydrogens (tertiary/aromatic N) is 2. The lowest BCUT2D eigenvalue weighted by atomic mass is 9.95. The molecule has 24 heavy (non-hydrogen) atoms. The van der Waals surface area contributed by atoms with E-state index in [1.807, 2.05) is 18.5 Å². The van der Waals surface area contributed by atoms with Crippen LogP contribution >= 0.6 is 11.8 Å². The van der Waals surface area contributed by atoms with Crippen molar-refractivity contribution in [2.24, 2.45) is 0 Å². The Hall–Kier alpha value is -2.02. The number of imide groups is 1. The average molecular weight is 348 g/mol.